The first kappa shape index (κ1) is 25.0. The highest BCUT2D eigenvalue weighted by atomic mass is 19.4. The highest BCUT2D eigenvalue weighted by Crippen LogP contribution is 2.30. The number of halogens is 3. The molecule has 0 fully saturated rings. The Morgan fingerprint density at radius 3 is 2.00 bits per heavy atom. The molecule has 2 rings (SSSR count). The van der Waals surface area contributed by atoms with E-state index in [1.165, 1.54) is 38.5 Å². The van der Waals surface area contributed by atoms with Gasteiger partial charge in [-0.25, -0.2) is 0 Å². The average Bonchev–Trinajstić information content (AvgIpc) is 2.75. The van der Waals surface area contributed by atoms with Gasteiger partial charge in [0, 0.05) is 11.6 Å². The van der Waals surface area contributed by atoms with E-state index in [-0.39, 0.29) is 11.5 Å². The summed E-state index contributed by atoms with van der Waals surface area (Å²) in [5.74, 6) is -0.465. The number of hydrogen-bond donors (Lipinski definition) is 2. The van der Waals surface area contributed by atoms with Crippen LogP contribution in [0, 0.1) is 5.92 Å². The fourth-order valence-corrected chi connectivity index (χ4v) is 3.07. The molecule has 32 heavy (non-hydrogen) atoms. The number of ether oxygens (including phenoxy) is 2. The van der Waals surface area contributed by atoms with E-state index in [9.17, 15) is 22.8 Å². The van der Waals surface area contributed by atoms with Crippen LogP contribution in [0.2, 0.25) is 0 Å². The Morgan fingerprint density at radius 2 is 1.50 bits per heavy atom. The summed E-state index contributed by atoms with van der Waals surface area (Å²) in [5.41, 5.74) is -0.248. The van der Waals surface area contributed by atoms with Gasteiger partial charge in [-0.3, -0.25) is 9.59 Å². The van der Waals surface area contributed by atoms with E-state index < -0.39 is 35.6 Å². The lowest BCUT2D eigenvalue weighted by Gasteiger charge is -2.24. The van der Waals surface area contributed by atoms with Crippen LogP contribution in [0.4, 0.5) is 13.2 Å². The predicted octanol–water partition coefficient (Wildman–Crippen LogP) is 4.35. The SMILES string of the molecule is COc1cc(OC)cc(C(=O)NC(C(=O)NC(C)c2cccc(C(F)(F)F)c2)C(C)C)c1. The van der Waals surface area contributed by atoms with Crippen LogP contribution in [0.25, 0.3) is 0 Å². The molecule has 2 amide bonds. The molecule has 174 valence electrons. The third-order valence-electron chi connectivity index (χ3n) is 4.92. The number of benzene rings is 2. The molecule has 0 aliphatic rings. The van der Waals surface area contributed by atoms with E-state index in [0.717, 1.165) is 12.1 Å². The van der Waals surface area contributed by atoms with Crippen LogP contribution in [0.1, 0.15) is 48.3 Å². The second-order valence-electron chi connectivity index (χ2n) is 7.65. The van der Waals surface area contributed by atoms with E-state index in [2.05, 4.69) is 10.6 Å². The number of amides is 2. The summed E-state index contributed by atoms with van der Waals surface area (Å²) < 4.78 is 49.3. The Labute approximate surface area is 185 Å². The summed E-state index contributed by atoms with van der Waals surface area (Å²) in [6.45, 7) is 5.09. The van der Waals surface area contributed by atoms with E-state index in [4.69, 9.17) is 9.47 Å². The molecule has 0 saturated carbocycles. The van der Waals surface area contributed by atoms with E-state index in [0.29, 0.717) is 17.1 Å². The zero-order chi connectivity index (χ0) is 24.1. The number of alkyl halides is 3. The summed E-state index contributed by atoms with van der Waals surface area (Å²) in [6.07, 6.45) is -4.48. The normalized spacial score (nSPS) is 13.3. The molecule has 0 aliphatic heterocycles. The number of rotatable bonds is 8. The van der Waals surface area contributed by atoms with Crippen molar-refractivity contribution in [1.29, 1.82) is 0 Å². The number of carbonyl (C=O) groups is 2. The van der Waals surface area contributed by atoms with Crippen molar-refractivity contribution in [3.63, 3.8) is 0 Å². The standard InChI is InChI=1S/C23H27F3N2O4/c1-13(2)20(28-21(29)16-10-18(31-4)12-19(11-16)32-5)22(30)27-14(3)15-7-6-8-17(9-15)23(24,25)26/h6-14,20H,1-5H3,(H,27,30)(H,28,29). The van der Waals surface area contributed by atoms with Gasteiger partial charge in [-0.05, 0) is 42.7 Å². The Hall–Kier alpha value is -3.23. The zero-order valence-electron chi connectivity index (χ0n) is 18.5. The van der Waals surface area contributed by atoms with Gasteiger partial charge in [0.2, 0.25) is 5.91 Å². The van der Waals surface area contributed by atoms with Gasteiger partial charge in [0.05, 0.1) is 25.8 Å². The van der Waals surface area contributed by atoms with Crippen molar-refractivity contribution in [3.05, 3.63) is 59.2 Å². The zero-order valence-corrected chi connectivity index (χ0v) is 18.5. The van der Waals surface area contributed by atoms with Crippen LogP contribution in [0.5, 0.6) is 11.5 Å². The van der Waals surface area contributed by atoms with Crippen molar-refractivity contribution in [1.82, 2.24) is 10.6 Å². The fraction of sp³-hybridized carbons (Fsp3) is 0.391. The first-order valence-electron chi connectivity index (χ1n) is 9.97. The Kier molecular flexibility index (Phi) is 8.13. The maximum absolute atomic E-state index is 13.0. The van der Waals surface area contributed by atoms with Crippen LogP contribution < -0.4 is 20.1 Å². The van der Waals surface area contributed by atoms with Crippen LogP contribution in [-0.4, -0.2) is 32.1 Å². The average molecular weight is 452 g/mol. The smallest absolute Gasteiger partial charge is 0.416 e. The molecule has 0 aliphatic carbocycles. The fourth-order valence-electron chi connectivity index (χ4n) is 3.07. The Balaban J connectivity index is 2.17. The quantitative estimate of drug-likeness (QED) is 0.624. The number of carbonyl (C=O) groups excluding carboxylic acids is 2. The minimum Gasteiger partial charge on any atom is -0.497 e. The molecule has 0 radical (unpaired) electrons. The highest BCUT2D eigenvalue weighted by molar-refractivity contribution is 5.98. The lowest BCUT2D eigenvalue weighted by atomic mass is 10.0. The third-order valence-corrected chi connectivity index (χ3v) is 4.92. The van der Waals surface area contributed by atoms with Crippen molar-refractivity contribution in [2.45, 2.75) is 39.0 Å². The van der Waals surface area contributed by atoms with Gasteiger partial charge in [0.25, 0.3) is 5.91 Å². The number of nitrogens with one attached hydrogen (secondary N) is 2. The summed E-state index contributed by atoms with van der Waals surface area (Å²) in [6, 6.07) is 7.79. The van der Waals surface area contributed by atoms with Crippen molar-refractivity contribution in [3.8, 4) is 11.5 Å². The van der Waals surface area contributed by atoms with Crippen LogP contribution in [0.15, 0.2) is 42.5 Å². The largest absolute Gasteiger partial charge is 0.497 e. The minimum atomic E-state index is -4.48. The van der Waals surface area contributed by atoms with Crippen molar-refractivity contribution in [2.75, 3.05) is 14.2 Å². The van der Waals surface area contributed by atoms with Gasteiger partial charge < -0.3 is 20.1 Å². The number of methoxy groups -OCH3 is 2. The molecule has 9 heteroatoms. The predicted molar refractivity (Wildman–Crippen MR) is 114 cm³/mol. The van der Waals surface area contributed by atoms with E-state index in [1.54, 1.807) is 26.8 Å². The van der Waals surface area contributed by atoms with Crippen molar-refractivity contribution in [2.24, 2.45) is 5.92 Å². The molecule has 0 bridgehead atoms. The van der Waals surface area contributed by atoms with Crippen molar-refractivity contribution < 1.29 is 32.2 Å². The van der Waals surface area contributed by atoms with E-state index in [1.807, 2.05) is 0 Å². The summed E-state index contributed by atoms with van der Waals surface area (Å²) >= 11 is 0. The molecule has 2 N–H and O–H groups in total. The number of hydrogen-bond acceptors (Lipinski definition) is 4. The third kappa shape index (κ3) is 6.38. The Morgan fingerprint density at radius 1 is 0.906 bits per heavy atom. The topological polar surface area (TPSA) is 76.7 Å². The van der Waals surface area contributed by atoms with E-state index >= 15 is 0 Å². The molecule has 0 heterocycles. The van der Waals surface area contributed by atoms with Crippen LogP contribution in [-0.2, 0) is 11.0 Å². The van der Waals surface area contributed by atoms with Gasteiger partial charge in [-0.15, -0.1) is 0 Å². The maximum atomic E-state index is 13.0. The maximum Gasteiger partial charge on any atom is 0.416 e. The van der Waals surface area contributed by atoms with Crippen molar-refractivity contribution >= 4 is 11.8 Å². The van der Waals surface area contributed by atoms with Crippen LogP contribution >= 0.6 is 0 Å². The monoisotopic (exact) mass is 452 g/mol. The molecule has 6 nitrogen and oxygen atoms in total. The molecular formula is C23H27F3N2O4. The molecule has 2 aromatic carbocycles. The summed E-state index contributed by atoms with van der Waals surface area (Å²) in [5, 5.41) is 5.37. The van der Waals surface area contributed by atoms with Gasteiger partial charge in [-0.1, -0.05) is 26.0 Å². The molecular weight excluding hydrogens is 425 g/mol. The lowest BCUT2D eigenvalue weighted by molar-refractivity contribution is -0.137. The van der Waals surface area contributed by atoms with Gasteiger partial charge >= 0.3 is 6.18 Å². The second-order valence-corrected chi connectivity index (χ2v) is 7.65. The second kappa shape index (κ2) is 10.4. The highest BCUT2D eigenvalue weighted by Gasteiger charge is 2.31. The molecule has 0 aromatic heterocycles. The lowest BCUT2D eigenvalue weighted by Crippen LogP contribution is -2.50. The summed E-state index contributed by atoms with van der Waals surface area (Å²) in [7, 11) is 2.91. The summed E-state index contributed by atoms with van der Waals surface area (Å²) in [4.78, 5) is 25.6. The Bertz CT molecular complexity index is 938. The molecule has 2 aromatic rings. The minimum absolute atomic E-state index is 0.241. The molecule has 2 atom stereocenters. The molecule has 0 spiro atoms. The van der Waals surface area contributed by atoms with Crippen LogP contribution in [0.3, 0.4) is 0 Å². The molecule has 2 unspecified atom stereocenters. The first-order valence-corrected chi connectivity index (χ1v) is 9.97. The van der Waals surface area contributed by atoms with Gasteiger partial charge in [-0.2, -0.15) is 13.2 Å². The first-order chi connectivity index (χ1) is 15.0. The molecule has 0 saturated heterocycles. The van der Waals surface area contributed by atoms with Gasteiger partial charge in [0.15, 0.2) is 0 Å². The van der Waals surface area contributed by atoms with Gasteiger partial charge in [0.1, 0.15) is 17.5 Å².